The first-order valence-electron chi connectivity index (χ1n) is 8.50. The molecular weight excluding hydrogens is 266 g/mol. The van der Waals surface area contributed by atoms with Crippen LogP contribution in [0.3, 0.4) is 0 Å². The van der Waals surface area contributed by atoms with E-state index in [-0.39, 0.29) is 0 Å². The van der Waals surface area contributed by atoms with Crippen LogP contribution in [0.5, 0.6) is 0 Å². The molecule has 2 aromatic rings. The van der Waals surface area contributed by atoms with Gasteiger partial charge in [-0.1, -0.05) is 52.0 Å². The van der Waals surface area contributed by atoms with Crippen LogP contribution in [-0.2, 0) is 6.42 Å². The maximum atomic E-state index is 2.39. The smallest absolute Gasteiger partial charge is 0.0447 e. The molecule has 0 saturated carbocycles. The Morgan fingerprint density at radius 1 is 0.909 bits per heavy atom. The van der Waals surface area contributed by atoms with Crippen molar-refractivity contribution in [2.24, 2.45) is 0 Å². The zero-order valence-electron chi connectivity index (χ0n) is 14.5. The molecule has 0 fully saturated rings. The zero-order chi connectivity index (χ0) is 15.9. The number of hydrogen-bond acceptors (Lipinski definition) is 1. The number of rotatable bonds is 3. The molecule has 1 aliphatic heterocycles. The van der Waals surface area contributed by atoms with Crippen LogP contribution in [0.2, 0.25) is 0 Å². The van der Waals surface area contributed by atoms with Crippen molar-refractivity contribution in [3.05, 3.63) is 58.7 Å². The minimum atomic E-state index is 0.588. The fourth-order valence-corrected chi connectivity index (χ4v) is 3.35. The Hall–Kier alpha value is -1.76. The van der Waals surface area contributed by atoms with Crippen LogP contribution in [0.1, 0.15) is 68.2 Å². The van der Waals surface area contributed by atoms with Crippen molar-refractivity contribution in [1.82, 2.24) is 0 Å². The van der Waals surface area contributed by atoms with Crippen molar-refractivity contribution in [2.45, 2.75) is 52.4 Å². The van der Waals surface area contributed by atoms with Gasteiger partial charge in [0.05, 0.1) is 0 Å². The molecule has 1 nitrogen and oxygen atoms in total. The third-order valence-electron chi connectivity index (χ3n) is 5.16. The van der Waals surface area contributed by atoms with Gasteiger partial charge in [-0.2, -0.15) is 0 Å². The van der Waals surface area contributed by atoms with Crippen LogP contribution in [0.15, 0.2) is 36.4 Å². The van der Waals surface area contributed by atoms with Gasteiger partial charge in [0.1, 0.15) is 0 Å². The van der Waals surface area contributed by atoms with E-state index < -0.39 is 0 Å². The van der Waals surface area contributed by atoms with Crippen molar-refractivity contribution in [1.29, 1.82) is 0 Å². The topological polar surface area (TPSA) is 3.24 Å². The average molecular weight is 293 g/mol. The average Bonchev–Trinajstić information content (AvgIpc) is 2.53. The van der Waals surface area contributed by atoms with Crippen molar-refractivity contribution >= 4 is 11.4 Å². The van der Waals surface area contributed by atoms with Crippen LogP contribution in [-0.4, -0.2) is 7.05 Å². The van der Waals surface area contributed by atoms with Crippen LogP contribution in [0.25, 0.3) is 0 Å². The van der Waals surface area contributed by atoms with E-state index in [1.165, 1.54) is 40.0 Å². The molecule has 3 rings (SSSR count). The summed E-state index contributed by atoms with van der Waals surface area (Å²) in [5, 5.41) is 0. The van der Waals surface area contributed by atoms with Gasteiger partial charge in [-0.3, -0.25) is 0 Å². The molecule has 22 heavy (non-hydrogen) atoms. The summed E-state index contributed by atoms with van der Waals surface area (Å²) >= 11 is 0. The van der Waals surface area contributed by atoms with Crippen LogP contribution in [0.4, 0.5) is 11.4 Å². The van der Waals surface area contributed by atoms with Crippen LogP contribution >= 0.6 is 0 Å². The number of nitrogens with zero attached hydrogens (tertiary/aromatic N) is 1. The lowest BCUT2D eigenvalue weighted by Gasteiger charge is -2.31. The first-order valence-corrected chi connectivity index (χ1v) is 8.50. The zero-order valence-corrected chi connectivity index (χ0v) is 14.5. The van der Waals surface area contributed by atoms with E-state index in [0.29, 0.717) is 11.8 Å². The van der Waals surface area contributed by atoms with Gasteiger partial charge in [0, 0.05) is 24.8 Å². The standard InChI is InChI=1S/C21H27N/c1-6-15(4)17-7-8-18-12-19-11-16(14(2)3)9-10-20(19)22(5)21(18)13-17/h7-11,13-15H,6,12H2,1-5H3. The quantitative estimate of drug-likeness (QED) is 0.671. The SMILES string of the molecule is CCC(C)c1ccc2c(c1)N(C)c1ccc(C(C)C)cc1C2. The molecular formula is C21H27N. The summed E-state index contributed by atoms with van der Waals surface area (Å²) in [6.45, 7) is 9.10. The number of benzene rings is 2. The van der Waals surface area contributed by atoms with Gasteiger partial charge in [0.15, 0.2) is 0 Å². The maximum Gasteiger partial charge on any atom is 0.0447 e. The van der Waals surface area contributed by atoms with Gasteiger partial charge >= 0.3 is 0 Å². The lowest BCUT2D eigenvalue weighted by molar-refractivity contribution is 0.732. The normalized spacial score (nSPS) is 14.7. The molecule has 2 aromatic carbocycles. The molecule has 0 radical (unpaired) electrons. The highest BCUT2D eigenvalue weighted by Gasteiger charge is 2.21. The molecule has 0 saturated heterocycles. The van der Waals surface area contributed by atoms with Gasteiger partial charge in [-0.15, -0.1) is 0 Å². The van der Waals surface area contributed by atoms with Gasteiger partial charge in [0.2, 0.25) is 0 Å². The molecule has 1 unspecified atom stereocenters. The van der Waals surface area contributed by atoms with E-state index in [0.717, 1.165) is 6.42 Å². The lowest BCUT2D eigenvalue weighted by Crippen LogP contribution is -2.19. The fraction of sp³-hybridized carbons (Fsp3) is 0.429. The maximum absolute atomic E-state index is 2.39. The lowest BCUT2D eigenvalue weighted by atomic mass is 9.89. The van der Waals surface area contributed by atoms with Crippen molar-refractivity contribution < 1.29 is 0 Å². The number of hydrogen-bond donors (Lipinski definition) is 0. The van der Waals surface area contributed by atoms with E-state index in [1.54, 1.807) is 0 Å². The monoisotopic (exact) mass is 293 g/mol. The Bertz CT molecular complexity index is 684. The van der Waals surface area contributed by atoms with E-state index in [9.17, 15) is 0 Å². The highest BCUT2D eigenvalue weighted by Crippen LogP contribution is 2.40. The first kappa shape index (κ1) is 15.1. The molecule has 1 heterocycles. The van der Waals surface area contributed by atoms with Gasteiger partial charge < -0.3 is 4.90 Å². The summed E-state index contributed by atoms with van der Waals surface area (Å²) in [7, 11) is 2.20. The molecule has 0 bridgehead atoms. The van der Waals surface area contributed by atoms with E-state index >= 15 is 0 Å². The minimum Gasteiger partial charge on any atom is -0.344 e. The molecule has 1 aliphatic rings. The second-order valence-electron chi connectivity index (χ2n) is 6.98. The summed E-state index contributed by atoms with van der Waals surface area (Å²) in [5.74, 6) is 1.22. The summed E-state index contributed by atoms with van der Waals surface area (Å²) < 4.78 is 0. The highest BCUT2D eigenvalue weighted by atomic mass is 15.1. The molecule has 0 spiro atoms. The molecule has 1 atom stereocenters. The summed E-state index contributed by atoms with van der Waals surface area (Å²) in [4.78, 5) is 2.37. The molecule has 0 amide bonds. The number of anilines is 2. The Balaban J connectivity index is 2.02. The second-order valence-corrected chi connectivity index (χ2v) is 6.98. The molecule has 116 valence electrons. The van der Waals surface area contributed by atoms with E-state index in [1.807, 2.05) is 0 Å². The summed E-state index contributed by atoms with van der Waals surface area (Å²) in [6, 6.07) is 14.0. The summed E-state index contributed by atoms with van der Waals surface area (Å²) in [6.07, 6.45) is 2.24. The molecule has 0 aromatic heterocycles. The Morgan fingerprint density at radius 3 is 2.32 bits per heavy atom. The third kappa shape index (κ3) is 2.54. The Labute approximate surface area is 135 Å². The summed E-state index contributed by atoms with van der Waals surface area (Å²) in [5.41, 5.74) is 8.53. The molecule has 0 aliphatic carbocycles. The minimum absolute atomic E-state index is 0.588. The molecule has 0 N–H and O–H groups in total. The Kier molecular flexibility index (Phi) is 3.99. The second kappa shape index (κ2) is 5.79. The van der Waals surface area contributed by atoms with Gasteiger partial charge in [-0.25, -0.2) is 0 Å². The predicted octanol–water partition coefficient (Wildman–Crippen LogP) is 6.00. The van der Waals surface area contributed by atoms with Crippen LogP contribution < -0.4 is 4.90 Å². The predicted molar refractivity (Wildman–Crippen MR) is 96.5 cm³/mol. The van der Waals surface area contributed by atoms with E-state index in [2.05, 4.69) is 76.0 Å². The van der Waals surface area contributed by atoms with Crippen molar-refractivity contribution in [3.63, 3.8) is 0 Å². The highest BCUT2D eigenvalue weighted by molar-refractivity contribution is 5.74. The van der Waals surface area contributed by atoms with Gasteiger partial charge in [0.25, 0.3) is 0 Å². The van der Waals surface area contributed by atoms with E-state index in [4.69, 9.17) is 0 Å². The van der Waals surface area contributed by atoms with Crippen LogP contribution in [0, 0.1) is 0 Å². The first-order chi connectivity index (χ1) is 10.5. The number of fused-ring (bicyclic) bond motifs is 2. The van der Waals surface area contributed by atoms with Crippen molar-refractivity contribution in [3.8, 4) is 0 Å². The fourth-order valence-electron chi connectivity index (χ4n) is 3.35. The Morgan fingerprint density at radius 2 is 1.64 bits per heavy atom. The van der Waals surface area contributed by atoms with Crippen molar-refractivity contribution in [2.75, 3.05) is 11.9 Å². The third-order valence-corrected chi connectivity index (χ3v) is 5.16. The molecule has 1 heteroatoms. The van der Waals surface area contributed by atoms with Gasteiger partial charge in [-0.05, 0) is 52.6 Å². The largest absolute Gasteiger partial charge is 0.344 e.